The molecule has 20 heavy (non-hydrogen) atoms. The summed E-state index contributed by atoms with van der Waals surface area (Å²) in [6, 6.07) is 14.6. The maximum Gasteiger partial charge on any atom is 0.304 e. The second-order valence-corrected chi connectivity index (χ2v) is 6.36. The zero-order valence-corrected chi connectivity index (χ0v) is 12.5. The van der Waals surface area contributed by atoms with Crippen molar-refractivity contribution in [3.8, 4) is 0 Å². The van der Waals surface area contributed by atoms with E-state index in [4.69, 9.17) is 5.11 Å². The van der Waals surface area contributed by atoms with Crippen molar-refractivity contribution < 1.29 is 9.90 Å². The van der Waals surface area contributed by atoms with Gasteiger partial charge in [0.05, 0.1) is 6.42 Å². The van der Waals surface area contributed by atoms with Gasteiger partial charge in [0, 0.05) is 10.1 Å². The van der Waals surface area contributed by atoms with Crippen LogP contribution < -0.4 is 0 Å². The Morgan fingerprint density at radius 1 is 1.20 bits per heavy atom. The van der Waals surface area contributed by atoms with E-state index in [0.717, 1.165) is 24.2 Å². The summed E-state index contributed by atoms with van der Waals surface area (Å²) < 4.78 is 0. The number of rotatable bonds is 7. The highest BCUT2D eigenvalue weighted by Gasteiger charge is 2.14. The number of unbranched alkanes of at least 4 members (excludes halogenated alkanes) is 1. The lowest BCUT2D eigenvalue weighted by molar-refractivity contribution is -0.137. The van der Waals surface area contributed by atoms with E-state index in [9.17, 15) is 4.79 Å². The molecule has 2 aromatic carbocycles. The monoisotopic (exact) mass is 288 g/mol. The number of thioether (sulfide) groups is 1. The van der Waals surface area contributed by atoms with Gasteiger partial charge >= 0.3 is 5.97 Å². The Morgan fingerprint density at radius 2 is 1.95 bits per heavy atom. The molecule has 0 saturated carbocycles. The van der Waals surface area contributed by atoms with Crippen LogP contribution in [-0.4, -0.2) is 16.3 Å². The molecule has 2 aromatic rings. The van der Waals surface area contributed by atoms with Crippen LogP contribution in [0.5, 0.6) is 0 Å². The van der Waals surface area contributed by atoms with Gasteiger partial charge in [0.15, 0.2) is 0 Å². The molecule has 3 heteroatoms. The molecular weight excluding hydrogens is 268 g/mol. The van der Waals surface area contributed by atoms with E-state index < -0.39 is 5.97 Å². The minimum atomic E-state index is -0.709. The third kappa shape index (κ3) is 4.27. The second-order valence-electron chi connectivity index (χ2n) is 4.99. The molecule has 0 aliphatic rings. The summed E-state index contributed by atoms with van der Waals surface area (Å²) >= 11 is 1.69. The molecule has 1 unspecified atom stereocenters. The van der Waals surface area contributed by atoms with Crippen LogP contribution in [-0.2, 0) is 4.79 Å². The maximum atomic E-state index is 11.0. The highest BCUT2D eigenvalue weighted by Crippen LogP contribution is 2.31. The first-order chi connectivity index (χ1) is 9.69. The fourth-order valence-corrected chi connectivity index (χ4v) is 3.50. The Bertz CT molecular complexity index is 580. The van der Waals surface area contributed by atoms with E-state index in [1.807, 2.05) is 12.1 Å². The molecule has 1 N–H and O–H groups in total. The first-order valence-corrected chi connectivity index (χ1v) is 7.94. The summed E-state index contributed by atoms with van der Waals surface area (Å²) in [5.41, 5.74) is 0. The molecule has 0 aliphatic heterocycles. The van der Waals surface area contributed by atoms with Crippen molar-refractivity contribution in [2.75, 3.05) is 0 Å². The van der Waals surface area contributed by atoms with E-state index >= 15 is 0 Å². The number of carboxylic acids is 1. The average Bonchev–Trinajstić information content (AvgIpc) is 2.44. The molecular formula is C17H20O2S. The van der Waals surface area contributed by atoms with Crippen LogP contribution in [0.1, 0.15) is 32.6 Å². The topological polar surface area (TPSA) is 37.3 Å². The molecule has 0 radical (unpaired) electrons. The molecule has 2 rings (SSSR count). The minimum absolute atomic E-state index is 0.161. The summed E-state index contributed by atoms with van der Waals surface area (Å²) in [6.45, 7) is 2.14. The number of carboxylic acid groups (broad SMARTS) is 1. The lowest BCUT2D eigenvalue weighted by Crippen LogP contribution is -2.09. The molecule has 0 aromatic heterocycles. The van der Waals surface area contributed by atoms with E-state index in [0.29, 0.717) is 0 Å². The molecule has 0 spiro atoms. The van der Waals surface area contributed by atoms with Gasteiger partial charge in [0.25, 0.3) is 0 Å². The number of carbonyl (C=O) groups is 1. The van der Waals surface area contributed by atoms with Crippen LogP contribution >= 0.6 is 11.8 Å². The van der Waals surface area contributed by atoms with Crippen molar-refractivity contribution >= 4 is 28.5 Å². The molecule has 0 saturated heterocycles. The van der Waals surface area contributed by atoms with Crippen molar-refractivity contribution in [1.82, 2.24) is 0 Å². The molecule has 0 bridgehead atoms. The van der Waals surface area contributed by atoms with Gasteiger partial charge in [-0.15, -0.1) is 11.8 Å². The van der Waals surface area contributed by atoms with E-state index in [1.165, 1.54) is 10.8 Å². The van der Waals surface area contributed by atoms with Crippen molar-refractivity contribution in [2.45, 2.75) is 42.8 Å². The van der Waals surface area contributed by atoms with Crippen LogP contribution in [0.2, 0.25) is 0 Å². The van der Waals surface area contributed by atoms with Crippen molar-refractivity contribution in [3.63, 3.8) is 0 Å². The van der Waals surface area contributed by atoms with Crippen LogP contribution in [0, 0.1) is 0 Å². The summed E-state index contributed by atoms with van der Waals surface area (Å²) in [4.78, 5) is 12.1. The predicted octanol–water partition coefficient (Wildman–Crippen LogP) is 4.97. The van der Waals surface area contributed by atoms with Crippen LogP contribution in [0.4, 0.5) is 0 Å². The van der Waals surface area contributed by atoms with E-state index in [1.54, 1.807) is 11.8 Å². The minimum Gasteiger partial charge on any atom is -0.481 e. The van der Waals surface area contributed by atoms with Crippen LogP contribution in [0.3, 0.4) is 0 Å². The molecule has 0 fully saturated rings. The average molecular weight is 288 g/mol. The Labute approximate surface area is 124 Å². The SMILES string of the molecule is CCCCC(CC(=O)O)Sc1ccc2ccccc2c1. The third-order valence-electron chi connectivity index (χ3n) is 3.31. The summed E-state index contributed by atoms with van der Waals surface area (Å²) in [7, 11) is 0. The Balaban J connectivity index is 2.12. The largest absolute Gasteiger partial charge is 0.481 e. The molecule has 0 aliphatic carbocycles. The number of hydrogen-bond donors (Lipinski definition) is 1. The smallest absolute Gasteiger partial charge is 0.304 e. The maximum absolute atomic E-state index is 11.0. The van der Waals surface area contributed by atoms with Gasteiger partial charge in [-0.25, -0.2) is 0 Å². The number of fused-ring (bicyclic) bond motifs is 1. The van der Waals surface area contributed by atoms with E-state index in [2.05, 4.69) is 37.3 Å². The Morgan fingerprint density at radius 3 is 2.65 bits per heavy atom. The van der Waals surface area contributed by atoms with Crippen molar-refractivity contribution in [2.24, 2.45) is 0 Å². The molecule has 2 nitrogen and oxygen atoms in total. The zero-order chi connectivity index (χ0) is 14.4. The number of hydrogen-bond acceptors (Lipinski definition) is 2. The highest BCUT2D eigenvalue weighted by atomic mass is 32.2. The predicted molar refractivity (Wildman–Crippen MR) is 85.4 cm³/mol. The molecule has 1 atom stereocenters. The van der Waals surface area contributed by atoms with Gasteiger partial charge in [-0.1, -0.05) is 50.1 Å². The standard InChI is InChI=1S/C17H20O2S/c1-2-3-8-15(12-17(18)19)20-16-10-9-13-6-4-5-7-14(13)11-16/h4-7,9-11,15H,2-3,8,12H2,1H3,(H,18,19). The summed E-state index contributed by atoms with van der Waals surface area (Å²) in [6.07, 6.45) is 3.38. The zero-order valence-electron chi connectivity index (χ0n) is 11.7. The van der Waals surface area contributed by atoms with E-state index in [-0.39, 0.29) is 11.7 Å². The quantitative estimate of drug-likeness (QED) is 0.731. The molecule has 0 heterocycles. The first kappa shape index (κ1) is 14.9. The second kappa shape index (κ2) is 7.34. The van der Waals surface area contributed by atoms with Gasteiger partial charge < -0.3 is 5.11 Å². The van der Waals surface area contributed by atoms with Gasteiger partial charge in [-0.05, 0) is 29.3 Å². The number of aliphatic carboxylic acids is 1. The van der Waals surface area contributed by atoms with Crippen molar-refractivity contribution in [1.29, 1.82) is 0 Å². The van der Waals surface area contributed by atoms with Gasteiger partial charge in [-0.2, -0.15) is 0 Å². The summed E-state index contributed by atoms with van der Waals surface area (Å²) in [5.74, 6) is -0.709. The van der Waals surface area contributed by atoms with Crippen molar-refractivity contribution in [3.05, 3.63) is 42.5 Å². The van der Waals surface area contributed by atoms with Gasteiger partial charge in [0.2, 0.25) is 0 Å². The lowest BCUT2D eigenvalue weighted by atomic mass is 10.1. The lowest BCUT2D eigenvalue weighted by Gasteiger charge is -2.14. The Kier molecular flexibility index (Phi) is 5.48. The molecule has 0 amide bonds. The molecule has 106 valence electrons. The van der Waals surface area contributed by atoms with Crippen LogP contribution in [0.15, 0.2) is 47.4 Å². The number of benzene rings is 2. The highest BCUT2D eigenvalue weighted by molar-refractivity contribution is 8.00. The fourth-order valence-electron chi connectivity index (χ4n) is 2.26. The normalized spacial score (nSPS) is 12.4. The van der Waals surface area contributed by atoms with Gasteiger partial charge in [0.1, 0.15) is 0 Å². The summed E-state index contributed by atoms with van der Waals surface area (Å²) in [5, 5.41) is 11.6. The van der Waals surface area contributed by atoms with Gasteiger partial charge in [-0.3, -0.25) is 4.79 Å². The third-order valence-corrected chi connectivity index (χ3v) is 4.57. The first-order valence-electron chi connectivity index (χ1n) is 7.06. The van der Waals surface area contributed by atoms with Crippen LogP contribution in [0.25, 0.3) is 10.8 Å². The Hall–Kier alpha value is -1.48. The fraction of sp³-hybridized carbons (Fsp3) is 0.353.